The van der Waals surface area contributed by atoms with Crippen LogP contribution in [0.5, 0.6) is 5.75 Å². The van der Waals surface area contributed by atoms with Gasteiger partial charge in [0.15, 0.2) is 0 Å². The number of benzene rings is 1. The molecule has 0 bridgehead atoms. The van der Waals surface area contributed by atoms with E-state index in [0.717, 1.165) is 0 Å². The summed E-state index contributed by atoms with van der Waals surface area (Å²) in [6.45, 7) is 2.78. The van der Waals surface area contributed by atoms with Gasteiger partial charge in [0.2, 0.25) is 0 Å². The Morgan fingerprint density at radius 3 is 2.48 bits per heavy atom. The van der Waals surface area contributed by atoms with Gasteiger partial charge in [0.1, 0.15) is 5.75 Å². The number of alkyl halides is 2. The zero-order valence-corrected chi connectivity index (χ0v) is 12.8. The van der Waals surface area contributed by atoms with Crippen molar-refractivity contribution in [2.75, 3.05) is 7.05 Å². The van der Waals surface area contributed by atoms with Gasteiger partial charge in [-0.3, -0.25) is 0 Å². The van der Waals surface area contributed by atoms with Crippen molar-refractivity contribution < 1.29 is 18.3 Å². The van der Waals surface area contributed by atoms with Crippen LogP contribution in [0.3, 0.4) is 0 Å². The minimum atomic E-state index is -2.89. The van der Waals surface area contributed by atoms with Gasteiger partial charge < -0.3 is 15.0 Å². The Labute approximate surface area is 124 Å². The van der Waals surface area contributed by atoms with Gasteiger partial charge in [-0.25, -0.2) is 4.79 Å². The Morgan fingerprint density at radius 1 is 1.33 bits per heavy atom. The van der Waals surface area contributed by atoms with Crippen LogP contribution in [0.2, 0.25) is 0 Å². The molecule has 1 aromatic carbocycles. The number of carbonyl (C=O) groups excluding carboxylic acids is 1. The predicted octanol–water partition coefficient (Wildman–Crippen LogP) is 3.79. The first-order chi connectivity index (χ1) is 9.86. The molecule has 1 rings (SSSR count). The van der Waals surface area contributed by atoms with Crippen LogP contribution in [0.15, 0.2) is 24.3 Å². The number of hydrogen-bond acceptors (Lipinski definition) is 2. The van der Waals surface area contributed by atoms with Crippen LogP contribution in [0.25, 0.3) is 0 Å². The van der Waals surface area contributed by atoms with Crippen molar-refractivity contribution in [1.82, 2.24) is 10.2 Å². The number of halogens is 2. The molecule has 0 aliphatic carbocycles. The van der Waals surface area contributed by atoms with Gasteiger partial charge in [0.25, 0.3) is 0 Å². The summed E-state index contributed by atoms with van der Waals surface area (Å²) in [7, 11) is 1.69. The number of ether oxygens (including phenoxy) is 1. The molecular formula is C15H22F2N2O2. The molecule has 2 amide bonds. The standard InChI is InChI=1S/C15H22F2N2O2/c1-5-12(18-15(20)19(4)10(2)3)11-8-6-7-9-13(11)21-14(16)17/h6-10,12,14H,5H2,1-4H3,(H,18,20)/t12-/m1/s1. The quantitative estimate of drug-likeness (QED) is 0.868. The van der Waals surface area contributed by atoms with Crippen molar-refractivity contribution in [1.29, 1.82) is 0 Å². The van der Waals surface area contributed by atoms with Gasteiger partial charge in [0.05, 0.1) is 6.04 Å². The molecule has 0 saturated carbocycles. The average molecular weight is 300 g/mol. The van der Waals surface area contributed by atoms with E-state index in [2.05, 4.69) is 10.1 Å². The molecule has 0 spiro atoms. The van der Waals surface area contributed by atoms with E-state index in [9.17, 15) is 13.6 Å². The van der Waals surface area contributed by atoms with E-state index in [4.69, 9.17) is 0 Å². The molecule has 4 nitrogen and oxygen atoms in total. The van der Waals surface area contributed by atoms with Gasteiger partial charge >= 0.3 is 12.6 Å². The molecule has 0 saturated heterocycles. The first kappa shape index (κ1) is 17.2. The number of hydrogen-bond donors (Lipinski definition) is 1. The lowest BCUT2D eigenvalue weighted by atomic mass is 10.0. The molecule has 0 unspecified atom stereocenters. The zero-order valence-electron chi connectivity index (χ0n) is 12.8. The molecule has 0 aliphatic heterocycles. The van der Waals surface area contributed by atoms with E-state index < -0.39 is 6.61 Å². The number of nitrogens with zero attached hydrogens (tertiary/aromatic N) is 1. The summed E-state index contributed by atoms with van der Waals surface area (Å²) in [6.07, 6.45) is 0.571. The highest BCUT2D eigenvalue weighted by atomic mass is 19.3. The second-order valence-electron chi connectivity index (χ2n) is 5.03. The van der Waals surface area contributed by atoms with Crippen molar-refractivity contribution in [2.24, 2.45) is 0 Å². The van der Waals surface area contributed by atoms with E-state index in [1.807, 2.05) is 20.8 Å². The summed E-state index contributed by atoms with van der Waals surface area (Å²) in [6, 6.07) is 5.93. The SMILES string of the molecule is CC[C@@H](NC(=O)N(C)C(C)C)c1ccccc1OC(F)F. The second kappa shape index (κ2) is 7.81. The molecule has 6 heteroatoms. The first-order valence-corrected chi connectivity index (χ1v) is 6.93. The Morgan fingerprint density at radius 2 is 1.95 bits per heavy atom. The van der Waals surface area contributed by atoms with Crippen molar-refractivity contribution in [2.45, 2.75) is 45.9 Å². The summed E-state index contributed by atoms with van der Waals surface area (Å²) in [4.78, 5) is 13.6. The summed E-state index contributed by atoms with van der Waals surface area (Å²) in [5.41, 5.74) is 0.547. The second-order valence-corrected chi connectivity index (χ2v) is 5.03. The number of para-hydroxylation sites is 1. The van der Waals surface area contributed by atoms with Crippen molar-refractivity contribution in [3.8, 4) is 5.75 Å². The average Bonchev–Trinajstić information content (AvgIpc) is 2.43. The molecule has 0 heterocycles. The van der Waals surface area contributed by atoms with E-state index in [-0.39, 0.29) is 23.9 Å². The van der Waals surface area contributed by atoms with Crippen LogP contribution in [-0.4, -0.2) is 30.6 Å². The lowest BCUT2D eigenvalue weighted by Gasteiger charge is -2.26. The number of urea groups is 1. The summed E-state index contributed by atoms with van der Waals surface area (Å²) in [5, 5.41) is 2.84. The molecule has 118 valence electrons. The van der Waals surface area contributed by atoms with Crippen LogP contribution in [-0.2, 0) is 0 Å². The number of carbonyl (C=O) groups is 1. The molecule has 0 aliphatic rings. The predicted molar refractivity (Wildman–Crippen MR) is 77.5 cm³/mol. The summed E-state index contributed by atoms with van der Waals surface area (Å²) in [5.74, 6) is 0.0897. The zero-order chi connectivity index (χ0) is 16.0. The number of amides is 2. The maximum absolute atomic E-state index is 12.4. The van der Waals surface area contributed by atoms with Gasteiger partial charge in [-0.15, -0.1) is 0 Å². The topological polar surface area (TPSA) is 41.6 Å². The Hall–Kier alpha value is -1.85. The van der Waals surface area contributed by atoms with Crippen LogP contribution in [0, 0.1) is 0 Å². The van der Waals surface area contributed by atoms with Crippen molar-refractivity contribution in [3.05, 3.63) is 29.8 Å². The van der Waals surface area contributed by atoms with Crippen LogP contribution in [0.4, 0.5) is 13.6 Å². The highest BCUT2D eigenvalue weighted by Crippen LogP contribution is 2.28. The smallest absolute Gasteiger partial charge is 0.387 e. The van der Waals surface area contributed by atoms with Crippen LogP contribution < -0.4 is 10.1 Å². The largest absolute Gasteiger partial charge is 0.434 e. The van der Waals surface area contributed by atoms with E-state index >= 15 is 0 Å². The molecule has 0 radical (unpaired) electrons. The molecular weight excluding hydrogens is 278 g/mol. The van der Waals surface area contributed by atoms with Gasteiger partial charge in [0, 0.05) is 18.7 Å². The van der Waals surface area contributed by atoms with Gasteiger partial charge in [-0.1, -0.05) is 25.1 Å². The lowest BCUT2D eigenvalue weighted by molar-refractivity contribution is -0.0506. The fraction of sp³-hybridized carbons (Fsp3) is 0.533. The third-order valence-corrected chi connectivity index (χ3v) is 3.31. The third-order valence-electron chi connectivity index (χ3n) is 3.31. The maximum Gasteiger partial charge on any atom is 0.387 e. The molecule has 1 atom stereocenters. The van der Waals surface area contributed by atoms with E-state index in [0.29, 0.717) is 12.0 Å². The fourth-order valence-corrected chi connectivity index (χ4v) is 1.86. The minimum Gasteiger partial charge on any atom is -0.434 e. The third kappa shape index (κ3) is 4.88. The van der Waals surface area contributed by atoms with E-state index in [1.165, 1.54) is 6.07 Å². The first-order valence-electron chi connectivity index (χ1n) is 6.93. The highest BCUT2D eigenvalue weighted by Gasteiger charge is 2.21. The number of nitrogens with one attached hydrogen (secondary N) is 1. The van der Waals surface area contributed by atoms with Gasteiger partial charge in [-0.05, 0) is 26.3 Å². The van der Waals surface area contributed by atoms with Crippen LogP contribution >= 0.6 is 0 Å². The van der Waals surface area contributed by atoms with Crippen molar-refractivity contribution >= 4 is 6.03 Å². The van der Waals surface area contributed by atoms with E-state index in [1.54, 1.807) is 30.1 Å². The monoisotopic (exact) mass is 300 g/mol. The Bertz CT molecular complexity index is 467. The molecule has 1 N–H and O–H groups in total. The Kier molecular flexibility index (Phi) is 6.39. The Balaban J connectivity index is 2.92. The summed E-state index contributed by atoms with van der Waals surface area (Å²) < 4.78 is 29.4. The molecule has 1 aromatic rings. The highest BCUT2D eigenvalue weighted by molar-refractivity contribution is 5.74. The molecule has 0 fully saturated rings. The van der Waals surface area contributed by atoms with Crippen molar-refractivity contribution in [3.63, 3.8) is 0 Å². The minimum absolute atomic E-state index is 0.0510. The van der Waals surface area contributed by atoms with Crippen LogP contribution in [0.1, 0.15) is 38.8 Å². The maximum atomic E-state index is 12.4. The summed E-state index contributed by atoms with van der Waals surface area (Å²) >= 11 is 0. The molecule has 0 aromatic heterocycles. The lowest BCUT2D eigenvalue weighted by Crippen LogP contribution is -2.42. The molecule has 21 heavy (non-hydrogen) atoms. The fourth-order valence-electron chi connectivity index (χ4n) is 1.86. The van der Waals surface area contributed by atoms with Gasteiger partial charge in [-0.2, -0.15) is 8.78 Å². The normalized spacial score (nSPS) is 12.4. The number of rotatable bonds is 6.